The van der Waals surface area contributed by atoms with E-state index < -0.39 is 0 Å². The van der Waals surface area contributed by atoms with Crippen molar-refractivity contribution in [3.05, 3.63) is 36.0 Å². The number of fused-ring (bicyclic) bond motifs is 5. The molecule has 0 bridgehead atoms. The average Bonchev–Trinajstić information content (AvgIpc) is 3.54. The van der Waals surface area contributed by atoms with Gasteiger partial charge in [0.1, 0.15) is 16.9 Å². The van der Waals surface area contributed by atoms with Gasteiger partial charge in [-0.15, -0.1) is 0 Å². The second-order valence-corrected chi connectivity index (χ2v) is 20.6. The van der Waals surface area contributed by atoms with Gasteiger partial charge in [-0.25, -0.2) is 9.78 Å². The molecular weight excluding hydrogens is 741 g/mol. The van der Waals surface area contributed by atoms with Gasteiger partial charge in [0.25, 0.3) is 0 Å². The first-order valence-electron chi connectivity index (χ1n) is 22.2. The van der Waals surface area contributed by atoms with Crippen LogP contribution in [0.4, 0.5) is 4.79 Å². The lowest BCUT2D eigenvalue weighted by atomic mass is 9.47. The minimum absolute atomic E-state index is 0.0286. The van der Waals surface area contributed by atoms with Crippen LogP contribution in [0.1, 0.15) is 131 Å². The number of nitrogens with zero attached hydrogens (tertiary/aromatic N) is 1. The molecule has 0 aromatic carbocycles. The molecule has 4 aliphatic rings. The Hall–Kier alpha value is -1.59. The highest BCUT2D eigenvalue weighted by molar-refractivity contribution is 8.76. The van der Waals surface area contributed by atoms with E-state index >= 15 is 0 Å². The van der Waals surface area contributed by atoms with Crippen LogP contribution in [-0.2, 0) is 23.7 Å². The van der Waals surface area contributed by atoms with Crippen LogP contribution in [0, 0.1) is 46.3 Å². The van der Waals surface area contributed by atoms with Gasteiger partial charge in [0, 0.05) is 51.0 Å². The third kappa shape index (κ3) is 13.2. The van der Waals surface area contributed by atoms with Crippen molar-refractivity contribution >= 4 is 33.5 Å². The van der Waals surface area contributed by atoms with Crippen molar-refractivity contribution in [1.82, 2.24) is 10.3 Å². The zero-order valence-corrected chi connectivity index (χ0v) is 37.0. The lowest BCUT2D eigenvalue weighted by molar-refractivity contribution is -0.119. The smallest absolute Gasteiger partial charge is 0.407 e. The van der Waals surface area contributed by atoms with E-state index in [1.54, 1.807) is 33.4 Å². The molecule has 3 fully saturated rings. The Morgan fingerprint density at radius 3 is 2.39 bits per heavy atom. The first-order chi connectivity index (χ1) is 27.1. The van der Waals surface area contributed by atoms with Crippen LogP contribution in [0.5, 0.6) is 0 Å². The summed E-state index contributed by atoms with van der Waals surface area (Å²) in [4.78, 5) is 29.1. The van der Waals surface area contributed by atoms with Crippen LogP contribution in [0.15, 0.2) is 41.1 Å². The van der Waals surface area contributed by atoms with E-state index in [4.69, 9.17) is 18.9 Å². The van der Waals surface area contributed by atoms with E-state index in [0.29, 0.717) is 64.4 Å². The maximum atomic E-state index is 12.7. The Bertz CT molecular complexity index is 1360. The van der Waals surface area contributed by atoms with Gasteiger partial charge >= 0.3 is 6.09 Å². The largest absolute Gasteiger partial charge is 0.446 e. The number of allylic oxidation sites excluding steroid dienone is 1. The molecule has 8 atom stereocenters. The zero-order chi connectivity index (χ0) is 39.8. The van der Waals surface area contributed by atoms with E-state index in [2.05, 4.69) is 51.0 Å². The molecule has 1 aromatic heterocycles. The molecule has 1 unspecified atom stereocenters. The van der Waals surface area contributed by atoms with Crippen molar-refractivity contribution in [1.29, 1.82) is 0 Å². The summed E-state index contributed by atoms with van der Waals surface area (Å²) in [6, 6.07) is 5.84. The molecule has 4 aliphatic carbocycles. The standard InChI is InChI=1S/C46H74N2O6S2/c1-34(2)11-8-12-35(3)40-17-18-41-39-16-15-36-33-38(19-22-45(36,4)42(39)20-23-46(40,41)5)54-44(50)48-25-10-27-52-29-31-53-30-28-51-26-9-13-37(49)21-32-55-56-43-14-6-7-24-47-43/h6-7,14-15,24,34-35,38-42H,8-13,16-23,25-33H2,1-5H3,(H,48,50)/t35-,38?,39+,40-,41+,42+,45+,46-/m1/s1. The number of aromatic nitrogens is 1. The minimum atomic E-state index is -0.303. The number of Topliss-reactive ketones (excluding diaryl/α,β-unsaturated/α-hetero) is 1. The molecule has 0 aliphatic heterocycles. The Morgan fingerprint density at radius 2 is 1.64 bits per heavy atom. The maximum Gasteiger partial charge on any atom is 0.407 e. The van der Waals surface area contributed by atoms with Gasteiger partial charge in [-0.3, -0.25) is 4.79 Å². The van der Waals surface area contributed by atoms with Gasteiger partial charge < -0.3 is 24.3 Å². The van der Waals surface area contributed by atoms with Crippen molar-refractivity contribution in [3.8, 4) is 0 Å². The van der Waals surface area contributed by atoms with Crippen LogP contribution < -0.4 is 5.32 Å². The predicted octanol–water partition coefficient (Wildman–Crippen LogP) is 11.1. The molecule has 1 N–H and O–H groups in total. The molecule has 1 heterocycles. The predicted molar refractivity (Wildman–Crippen MR) is 230 cm³/mol. The van der Waals surface area contributed by atoms with Crippen molar-refractivity contribution in [2.75, 3.05) is 51.9 Å². The van der Waals surface area contributed by atoms with Crippen LogP contribution in [0.25, 0.3) is 0 Å². The second kappa shape index (κ2) is 23.3. The van der Waals surface area contributed by atoms with Crippen LogP contribution in [-0.4, -0.2) is 74.9 Å². The number of pyridine rings is 1. The summed E-state index contributed by atoms with van der Waals surface area (Å²) in [5, 5.41) is 3.91. The summed E-state index contributed by atoms with van der Waals surface area (Å²) in [6.07, 6.45) is 20.6. The fourth-order valence-corrected chi connectivity index (χ4v) is 12.9. The van der Waals surface area contributed by atoms with Gasteiger partial charge in [-0.1, -0.05) is 82.4 Å². The van der Waals surface area contributed by atoms with Crippen molar-refractivity contribution in [2.45, 2.75) is 142 Å². The number of ether oxygens (including phenoxy) is 4. The lowest BCUT2D eigenvalue weighted by Gasteiger charge is -2.58. The monoisotopic (exact) mass is 814 g/mol. The van der Waals surface area contributed by atoms with Crippen LogP contribution in [0.2, 0.25) is 0 Å². The van der Waals surface area contributed by atoms with Crippen molar-refractivity contribution in [3.63, 3.8) is 0 Å². The van der Waals surface area contributed by atoms with Gasteiger partial charge in [-0.2, -0.15) is 0 Å². The summed E-state index contributed by atoms with van der Waals surface area (Å²) >= 11 is 0. The lowest BCUT2D eigenvalue weighted by Crippen LogP contribution is -2.51. The minimum Gasteiger partial charge on any atom is -0.446 e. The quantitative estimate of drug-likeness (QED) is 0.0588. The number of carbonyl (C=O) groups excluding carboxylic acids is 2. The van der Waals surface area contributed by atoms with E-state index in [1.807, 2.05) is 18.2 Å². The normalized spacial score (nSPS) is 28.9. The van der Waals surface area contributed by atoms with E-state index in [-0.39, 0.29) is 23.4 Å². The van der Waals surface area contributed by atoms with E-state index in [0.717, 1.165) is 78.4 Å². The number of alkyl carbamates (subject to hydrolysis) is 1. The topological polar surface area (TPSA) is 96.0 Å². The molecular formula is C46H74N2O6S2. The fourth-order valence-electron chi connectivity index (χ4n) is 11.0. The number of nitrogens with one attached hydrogen (secondary N) is 1. The molecule has 316 valence electrons. The molecule has 10 heteroatoms. The number of rotatable bonds is 25. The molecule has 3 saturated carbocycles. The third-order valence-corrected chi connectivity index (χ3v) is 16.3. The average molecular weight is 815 g/mol. The highest BCUT2D eigenvalue weighted by Crippen LogP contribution is 2.67. The molecule has 8 nitrogen and oxygen atoms in total. The molecule has 0 saturated heterocycles. The third-order valence-electron chi connectivity index (χ3n) is 14.0. The van der Waals surface area contributed by atoms with Crippen LogP contribution in [0.3, 0.4) is 0 Å². The van der Waals surface area contributed by atoms with E-state index in [1.165, 1.54) is 51.4 Å². The number of carbonyl (C=O) groups is 2. The summed E-state index contributed by atoms with van der Waals surface area (Å²) in [6.45, 7) is 16.2. The molecule has 0 spiro atoms. The highest BCUT2D eigenvalue weighted by atomic mass is 33.1. The van der Waals surface area contributed by atoms with Gasteiger partial charge in [0.15, 0.2) is 0 Å². The first-order valence-corrected chi connectivity index (χ1v) is 24.5. The Morgan fingerprint density at radius 1 is 0.875 bits per heavy atom. The second-order valence-electron chi connectivity index (χ2n) is 18.1. The Balaban J connectivity index is 0.857. The summed E-state index contributed by atoms with van der Waals surface area (Å²) in [5.41, 5.74) is 2.34. The van der Waals surface area contributed by atoms with Crippen molar-refractivity contribution < 1.29 is 28.5 Å². The zero-order valence-electron chi connectivity index (χ0n) is 35.4. The van der Waals surface area contributed by atoms with Gasteiger partial charge in [0.05, 0.1) is 26.4 Å². The van der Waals surface area contributed by atoms with E-state index in [9.17, 15) is 9.59 Å². The Kier molecular flexibility index (Phi) is 18.9. The Labute approximate surface area is 347 Å². The molecule has 1 aromatic rings. The SMILES string of the molecule is CC(C)CCC[C@@H](C)[C@H]1CC[C@H]2[C@@H]3CC=C4CC(OC(=O)NCCCOCCOCCOCCCC(=O)CCSSc5ccccn5)CC[C@]4(C)[C@H]3CC[C@]12C. The number of hydrogen-bond acceptors (Lipinski definition) is 9. The highest BCUT2D eigenvalue weighted by Gasteiger charge is 2.59. The van der Waals surface area contributed by atoms with Gasteiger partial charge in [-0.05, 0) is 127 Å². The van der Waals surface area contributed by atoms with Gasteiger partial charge in [0.2, 0.25) is 0 Å². The molecule has 1 amide bonds. The first kappa shape index (κ1) is 45.5. The molecule has 5 rings (SSSR count). The molecule has 0 radical (unpaired) electrons. The maximum absolute atomic E-state index is 12.7. The van der Waals surface area contributed by atoms with Crippen molar-refractivity contribution in [2.24, 2.45) is 46.3 Å². The summed E-state index contributed by atoms with van der Waals surface area (Å²) in [7, 11) is 3.27. The summed E-state index contributed by atoms with van der Waals surface area (Å²) < 4.78 is 22.8. The number of hydrogen-bond donors (Lipinski definition) is 1. The van der Waals surface area contributed by atoms with Crippen LogP contribution >= 0.6 is 21.6 Å². The number of amides is 1. The summed E-state index contributed by atoms with van der Waals surface area (Å²) in [5.74, 6) is 6.08. The molecule has 56 heavy (non-hydrogen) atoms. The number of ketones is 1. The fraction of sp³-hybridized carbons (Fsp3) is 0.804.